The summed E-state index contributed by atoms with van der Waals surface area (Å²) in [5.41, 5.74) is 10.4. The van der Waals surface area contributed by atoms with Crippen LogP contribution in [0.2, 0.25) is 0 Å². The first-order valence-electron chi connectivity index (χ1n) is 5.43. The molecule has 6 nitrogen and oxygen atoms in total. The Bertz CT molecular complexity index is 613. The Kier molecular flexibility index (Phi) is 3.50. The fraction of sp³-hybridized carbons (Fsp3) is 0.250. The number of carbonyl (C=O) groups is 1. The third kappa shape index (κ3) is 2.28. The Morgan fingerprint density at radius 1 is 1.56 bits per heavy atom. The molecule has 1 N–H and O–H groups in total. The molecular formula is C12H12N4O2. The highest BCUT2D eigenvalue weighted by atomic mass is 16.5. The second-order valence-corrected chi connectivity index (χ2v) is 3.81. The van der Waals surface area contributed by atoms with Crippen molar-refractivity contribution < 1.29 is 9.53 Å². The van der Waals surface area contributed by atoms with Gasteiger partial charge in [-0.1, -0.05) is 23.3 Å². The molecule has 6 heteroatoms. The van der Waals surface area contributed by atoms with E-state index in [0.29, 0.717) is 6.42 Å². The minimum Gasteiger partial charge on any atom is -0.469 e. The van der Waals surface area contributed by atoms with E-state index in [1.807, 2.05) is 30.5 Å². The smallest absolute Gasteiger partial charge is 0.314 e. The van der Waals surface area contributed by atoms with Crippen LogP contribution < -0.4 is 0 Å². The number of H-pyrrole nitrogens is 1. The van der Waals surface area contributed by atoms with Gasteiger partial charge in [0.2, 0.25) is 0 Å². The van der Waals surface area contributed by atoms with Crippen LogP contribution in [0.3, 0.4) is 0 Å². The number of carbonyl (C=O) groups excluding carboxylic acids is 1. The second kappa shape index (κ2) is 5.25. The van der Waals surface area contributed by atoms with Crippen molar-refractivity contribution in [3.8, 4) is 0 Å². The van der Waals surface area contributed by atoms with Gasteiger partial charge in [0.1, 0.15) is 6.04 Å². The zero-order chi connectivity index (χ0) is 13.0. The van der Waals surface area contributed by atoms with Gasteiger partial charge >= 0.3 is 5.97 Å². The lowest BCUT2D eigenvalue weighted by molar-refractivity contribution is -0.142. The van der Waals surface area contributed by atoms with Crippen LogP contribution in [0, 0.1) is 0 Å². The highest BCUT2D eigenvalue weighted by Crippen LogP contribution is 2.20. The number of ether oxygens (including phenoxy) is 1. The van der Waals surface area contributed by atoms with Crippen LogP contribution in [-0.4, -0.2) is 24.1 Å². The molecule has 0 radical (unpaired) electrons. The normalized spacial score (nSPS) is 11.8. The van der Waals surface area contributed by atoms with Crippen molar-refractivity contribution in [2.45, 2.75) is 12.5 Å². The molecule has 1 heterocycles. The summed E-state index contributed by atoms with van der Waals surface area (Å²) in [6.45, 7) is 0. The fourth-order valence-electron chi connectivity index (χ4n) is 1.88. The summed E-state index contributed by atoms with van der Waals surface area (Å²) in [5, 5.41) is 4.48. The van der Waals surface area contributed by atoms with Gasteiger partial charge < -0.3 is 9.72 Å². The number of benzene rings is 1. The Balaban J connectivity index is 2.31. The van der Waals surface area contributed by atoms with Crippen LogP contribution in [0.15, 0.2) is 35.6 Å². The molecule has 0 aliphatic carbocycles. The van der Waals surface area contributed by atoms with Gasteiger partial charge in [0, 0.05) is 22.0 Å². The van der Waals surface area contributed by atoms with E-state index < -0.39 is 12.0 Å². The van der Waals surface area contributed by atoms with E-state index in [4.69, 9.17) is 5.53 Å². The van der Waals surface area contributed by atoms with Crippen molar-refractivity contribution >= 4 is 16.9 Å². The highest BCUT2D eigenvalue weighted by molar-refractivity contribution is 5.84. The Labute approximate surface area is 103 Å². The zero-order valence-electron chi connectivity index (χ0n) is 9.83. The molecule has 1 atom stereocenters. The van der Waals surface area contributed by atoms with Gasteiger partial charge in [-0.15, -0.1) is 0 Å². The number of nitrogens with one attached hydrogen (secondary N) is 1. The number of hydrogen-bond donors (Lipinski definition) is 1. The van der Waals surface area contributed by atoms with Crippen molar-refractivity contribution in [3.63, 3.8) is 0 Å². The molecule has 0 aliphatic heterocycles. The number of aromatic nitrogens is 1. The quantitative estimate of drug-likeness (QED) is 0.387. The predicted octanol–water partition coefficient (Wildman–Crippen LogP) is 2.56. The molecule has 0 fully saturated rings. The van der Waals surface area contributed by atoms with E-state index in [-0.39, 0.29) is 0 Å². The number of para-hydroxylation sites is 1. The molecule has 1 aromatic carbocycles. The molecule has 2 rings (SSSR count). The molecule has 0 unspecified atom stereocenters. The third-order valence-corrected chi connectivity index (χ3v) is 2.75. The van der Waals surface area contributed by atoms with Crippen LogP contribution >= 0.6 is 0 Å². The monoisotopic (exact) mass is 244 g/mol. The first kappa shape index (κ1) is 12.0. The minimum absolute atomic E-state index is 0.320. The molecule has 2 aromatic rings. The zero-order valence-corrected chi connectivity index (χ0v) is 9.83. The van der Waals surface area contributed by atoms with Crippen molar-refractivity contribution in [1.29, 1.82) is 0 Å². The number of aromatic amines is 1. The lowest BCUT2D eigenvalue weighted by Gasteiger charge is -2.07. The highest BCUT2D eigenvalue weighted by Gasteiger charge is 2.19. The van der Waals surface area contributed by atoms with E-state index in [9.17, 15) is 4.79 Å². The number of esters is 1. The summed E-state index contributed by atoms with van der Waals surface area (Å²) in [5.74, 6) is -0.530. The first-order chi connectivity index (χ1) is 8.76. The molecular weight excluding hydrogens is 232 g/mol. The number of azide groups is 1. The number of fused-ring (bicyclic) bond motifs is 1. The molecule has 0 saturated carbocycles. The summed E-state index contributed by atoms with van der Waals surface area (Å²) in [7, 11) is 1.28. The van der Waals surface area contributed by atoms with Gasteiger partial charge in [-0.2, -0.15) is 0 Å². The van der Waals surface area contributed by atoms with E-state index in [2.05, 4.69) is 19.7 Å². The van der Waals surface area contributed by atoms with Gasteiger partial charge in [-0.3, -0.25) is 4.79 Å². The third-order valence-electron chi connectivity index (χ3n) is 2.75. The van der Waals surface area contributed by atoms with Crippen LogP contribution in [0.25, 0.3) is 21.3 Å². The van der Waals surface area contributed by atoms with Crippen LogP contribution in [0.4, 0.5) is 0 Å². The average molecular weight is 244 g/mol. The van der Waals surface area contributed by atoms with Crippen LogP contribution in [0.1, 0.15) is 5.56 Å². The van der Waals surface area contributed by atoms with Crippen molar-refractivity contribution in [2.75, 3.05) is 7.11 Å². The fourth-order valence-corrected chi connectivity index (χ4v) is 1.88. The lowest BCUT2D eigenvalue weighted by atomic mass is 10.1. The van der Waals surface area contributed by atoms with Gasteiger partial charge in [0.15, 0.2) is 0 Å². The van der Waals surface area contributed by atoms with Crippen LogP contribution in [-0.2, 0) is 16.0 Å². The summed E-state index contributed by atoms with van der Waals surface area (Å²) < 4.78 is 4.61. The number of rotatable bonds is 4. The number of methoxy groups -OCH3 is 1. The summed E-state index contributed by atoms with van der Waals surface area (Å²) in [4.78, 5) is 17.3. The number of hydrogen-bond acceptors (Lipinski definition) is 3. The maximum Gasteiger partial charge on any atom is 0.314 e. The summed E-state index contributed by atoms with van der Waals surface area (Å²) in [6.07, 6.45) is 2.13. The van der Waals surface area contributed by atoms with Crippen LogP contribution in [0.5, 0.6) is 0 Å². The molecule has 0 spiro atoms. The summed E-state index contributed by atoms with van der Waals surface area (Å²) in [6, 6.07) is 6.90. The molecule has 0 bridgehead atoms. The molecule has 18 heavy (non-hydrogen) atoms. The Hall–Kier alpha value is -2.46. The summed E-state index contributed by atoms with van der Waals surface area (Å²) >= 11 is 0. The molecule has 0 saturated heterocycles. The number of nitrogens with zero attached hydrogens (tertiary/aromatic N) is 3. The Morgan fingerprint density at radius 3 is 3.06 bits per heavy atom. The largest absolute Gasteiger partial charge is 0.469 e. The molecule has 92 valence electrons. The minimum atomic E-state index is -0.834. The van der Waals surface area contributed by atoms with E-state index in [1.54, 1.807) is 0 Å². The molecule has 1 aromatic heterocycles. The maximum absolute atomic E-state index is 11.5. The van der Waals surface area contributed by atoms with E-state index in [1.165, 1.54) is 7.11 Å². The van der Waals surface area contributed by atoms with E-state index >= 15 is 0 Å². The van der Waals surface area contributed by atoms with Gasteiger partial charge in [-0.25, -0.2) is 0 Å². The standard InChI is InChI=1S/C12H12N4O2/c1-18-12(17)11(15-16-13)6-8-7-14-10-5-3-2-4-9(8)10/h2-5,7,11,14H,6H2,1H3/t11-/m0/s1. The first-order valence-corrected chi connectivity index (χ1v) is 5.43. The van der Waals surface area contributed by atoms with E-state index in [0.717, 1.165) is 16.5 Å². The average Bonchev–Trinajstić information content (AvgIpc) is 2.81. The predicted molar refractivity (Wildman–Crippen MR) is 67.0 cm³/mol. The van der Waals surface area contributed by atoms with Gasteiger partial charge in [0.25, 0.3) is 0 Å². The van der Waals surface area contributed by atoms with Crippen molar-refractivity contribution in [1.82, 2.24) is 4.98 Å². The SMILES string of the molecule is COC(=O)[C@H](Cc1c[nH]c2ccccc12)N=[N+]=[N-]. The Morgan fingerprint density at radius 2 is 2.33 bits per heavy atom. The lowest BCUT2D eigenvalue weighted by Crippen LogP contribution is -2.21. The topological polar surface area (TPSA) is 90.9 Å². The van der Waals surface area contributed by atoms with Crippen molar-refractivity contribution in [2.24, 2.45) is 5.11 Å². The van der Waals surface area contributed by atoms with Crippen molar-refractivity contribution in [3.05, 3.63) is 46.5 Å². The van der Waals surface area contributed by atoms with Gasteiger partial charge in [0.05, 0.1) is 7.11 Å². The second-order valence-electron chi connectivity index (χ2n) is 3.81. The molecule has 0 aliphatic rings. The van der Waals surface area contributed by atoms with Gasteiger partial charge in [-0.05, 0) is 23.6 Å². The maximum atomic E-state index is 11.5. The molecule has 0 amide bonds.